The van der Waals surface area contributed by atoms with Crippen molar-refractivity contribution in [3.05, 3.63) is 65.0 Å². The van der Waals surface area contributed by atoms with E-state index in [0.29, 0.717) is 17.9 Å². The Morgan fingerprint density at radius 3 is 3.00 bits per heavy atom. The number of nitrogens with zero attached hydrogens (tertiary/aromatic N) is 4. The summed E-state index contributed by atoms with van der Waals surface area (Å²) in [5, 5.41) is 21.0. The summed E-state index contributed by atoms with van der Waals surface area (Å²) in [5.41, 5.74) is 6.08. The summed E-state index contributed by atoms with van der Waals surface area (Å²) in [6.45, 7) is 2.59. The van der Waals surface area contributed by atoms with E-state index in [9.17, 15) is 5.11 Å². The molecule has 0 fully saturated rings. The molecule has 3 aromatic rings. The minimum Gasteiger partial charge on any atom is -0.390 e. The van der Waals surface area contributed by atoms with E-state index in [-0.39, 0.29) is 6.61 Å². The molecule has 6 nitrogen and oxygen atoms in total. The molecule has 0 spiro atoms. The van der Waals surface area contributed by atoms with Crippen molar-refractivity contribution < 1.29 is 5.11 Å². The lowest BCUT2D eigenvalue weighted by Gasteiger charge is -2.17. The molecule has 4 rings (SSSR count). The highest BCUT2D eigenvalue weighted by Gasteiger charge is 2.10. The first-order valence-electron chi connectivity index (χ1n) is 8.10. The Balaban J connectivity index is 1.55. The lowest BCUT2D eigenvalue weighted by molar-refractivity contribution is 0.277. The fourth-order valence-electron chi connectivity index (χ4n) is 3.02. The van der Waals surface area contributed by atoms with Gasteiger partial charge in [0.1, 0.15) is 5.69 Å². The van der Waals surface area contributed by atoms with Crippen molar-refractivity contribution in [2.45, 2.75) is 26.1 Å². The SMILES string of the molecule is OCc1cccc(-c2cn(Cc3ccc4c(c3)CNCC4)nn2)n1. The third kappa shape index (κ3) is 3.06. The number of pyridine rings is 1. The molecule has 0 saturated heterocycles. The van der Waals surface area contributed by atoms with Crippen LogP contribution in [0.1, 0.15) is 22.4 Å². The molecule has 0 amide bonds. The Morgan fingerprint density at radius 1 is 1.12 bits per heavy atom. The molecule has 0 unspecified atom stereocenters. The molecular formula is C18H19N5O. The molecule has 0 bridgehead atoms. The Bertz CT molecular complexity index is 858. The molecule has 6 heteroatoms. The zero-order valence-corrected chi connectivity index (χ0v) is 13.3. The van der Waals surface area contributed by atoms with Crippen LogP contribution in [0, 0.1) is 0 Å². The van der Waals surface area contributed by atoms with Crippen LogP contribution >= 0.6 is 0 Å². The minimum atomic E-state index is -0.0782. The van der Waals surface area contributed by atoms with Gasteiger partial charge < -0.3 is 10.4 Å². The number of hydrogen-bond donors (Lipinski definition) is 2. The molecule has 0 atom stereocenters. The normalized spacial score (nSPS) is 13.7. The molecule has 1 aliphatic heterocycles. The van der Waals surface area contributed by atoms with E-state index in [1.165, 1.54) is 16.7 Å². The second-order valence-electron chi connectivity index (χ2n) is 6.00. The highest BCUT2D eigenvalue weighted by Crippen LogP contribution is 2.18. The Hall–Kier alpha value is -2.57. The lowest BCUT2D eigenvalue weighted by atomic mass is 9.98. The molecular weight excluding hydrogens is 302 g/mol. The second-order valence-corrected chi connectivity index (χ2v) is 6.00. The molecule has 24 heavy (non-hydrogen) atoms. The van der Waals surface area contributed by atoms with E-state index in [4.69, 9.17) is 0 Å². The summed E-state index contributed by atoms with van der Waals surface area (Å²) in [4.78, 5) is 4.37. The van der Waals surface area contributed by atoms with Crippen LogP contribution in [0.4, 0.5) is 0 Å². The monoisotopic (exact) mass is 321 g/mol. The van der Waals surface area contributed by atoms with E-state index in [1.807, 2.05) is 23.0 Å². The van der Waals surface area contributed by atoms with Crippen molar-refractivity contribution in [2.75, 3.05) is 6.54 Å². The van der Waals surface area contributed by atoms with Gasteiger partial charge in [-0.05, 0) is 41.8 Å². The molecule has 122 valence electrons. The van der Waals surface area contributed by atoms with Crippen LogP contribution in [0.2, 0.25) is 0 Å². The number of aliphatic hydroxyl groups is 1. The fourth-order valence-corrected chi connectivity index (χ4v) is 3.02. The fraction of sp³-hybridized carbons (Fsp3) is 0.278. The predicted molar refractivity (Wildman–Crippen MR) is 90.1 cm³/mol. The van der Waals surface area contributed by atoms with E-state index < -0.39 is 0 Å². The zero-order valence-electron chi connectivity index (χ0n) is 13.3. The summed E-state index contributed by atoms with van der Waals surface area (Å²) < 4.78 is 1.82. The van der Waals surface area contributed by atoms with Crippen LogP contribution in [-0.4, -0.2) is 31.6 Å². The lowest BCUT2D eigenvalue weighted by Crippen LogP contribution is -2.23. The average molecular weight is 321 g/mol. The number of fused-ring (bicyclic) bond motifs is 1. The Kier molecular flexibility index (Phi) is 4.06. The van der Waals surface area contributed by atoms with Crippen molar-refractivity contribution in [2.24, 2.45) is 0 Å². The third-order valence-electron chi connectivity index (χ3n) is 4.27. The number of hydrogen-bond acceptors (Lipinski definition) is 5. The van der Waals surface area contributed by atoms with E-state index in [0.717, 1.165) is 25.2 Å². The Morgan fingerprint density at radius 2 is 2.08 bits per heavy atom. The van der Waals surface area contributed by atoms with E-state index >= 15 is 0 Å². The van der Waals surface area contributed by atoms with Gasteiger partial charge >= 0.3 is 0 Å². The third-order valence-corrected chi connectivity index (χ3v) is 4.27. The smallest absolute Gasteiger partial charge is 0.131 e. The number of rotatable bonds is 4. The van der Waals surface area contributed by atoms with Gasteiger partial charge in [-0.1, -0.05) is 29.5 Å². The van der Waals surface area contributed by atoms with Crippen LogP contribution in [0.3, 0.4) is 0 Å². The molecule has 0 saturated carbocycles. The van der Waals surface area contributed by atoms with Crippen LogP contribution in [-0.2, 0) is 26.1 Å². The standard InChI is InChI=1S/C18H19N5O/c24-12-16-2-1-3-17(20-16)18-11-23(22-21-18)10-13-4-5-14-6-7-19-9-15(14)8-13/h1-5,8,11,19,24H,6-7,9-10,12H2. The van der Waals surface area contributed by atoms with Crippen LogP contribution in [0.15, 0.2) is 42.6 Å². The quantitative estimate of drug-likeness (QED) is 0.762. The maximum absolute atomic E-state index is 9.20. The first-order valence-corrected chi connectivity index (χ1v) is 8.10. The van der Waals surface area contributed by atoms with Gasteiger partial charge in [-0.3, -0.25) is 0 Å². The molecule has 2 N–H and O–H groups in total. The van der Waals surface area contributed by atoms with Crippen molar-refractivity contribution >= 4 is 0 Å². The van der Waals surface area contributed by atoms with Gasteiger partial charge in [-0.25, -0.2) is 9.67 Å². The number of benzene rings is 1. The van der Waals surface area contributed by atoms with Gasteiger partial charge in [0, 0.05) is 6.54 Å². The maximum atomic E-state index is 9.20. The zero-order chi connectivity index (χ0) is 16.4. The second kappa shape index (κ2) is 6.51. The van der Waals surface area contributed by atoms with Gasteiger partial charge in [-0.2, -0.15) is 0 Å². The average Bonchev–Trinajstić information content (AvgIpc) is 3.10. The van der Waals surface area contributed by atoms with Gasteiger partial charge in [0.25, 0.3) is 0 Å². The Labute approximate surface area is 140 Å². The topological polar surface area (TPSA) is 75.9 Å². The molecule has 2 aromatic heterocycles. The number of aromatic nitrogens is 4. The van der Waals surface area contributed by atoms with Crippen LogP contribution < -0.4 is 5.32 Å². The van der Waals surface area contributed by atoms with Crippen LogP contribution in [0.25, 0.3) is 11.4 Å². The van der Waals surface area contributed by atoms with Crippen molar-refractivity contribution in [3.8, 4) is 11.4 Å². The highest BCUT2D eigenvalue weighted by atomic mass is 16.3. The molecule has 1 aliphatic rings. The summed E-state index contributed by atoms with van der Waals surface area (Å²) in [6, 6.07) is 12.1. The number of aliphatic hydroxyl groups excluding tert-OH is 1. The molecule has 0 aliphatic carbocycles. The van der Waals surface area contributed by atoms with Gasteiger partial charge in [-0.15, -0.1) is 5.10 Å². The minimum absolute atomic E-state index is 0.0782. The predicted octanol–water partition coefficient (Wildman–Crippen LogP) is 1.53. The highest BCUT2D eigenvalue weighted by molar-refractivity contribution is 5.52. The van der Waals surface area contributed by atoms with Gasteiger partial charge in [0.05, 0.1) is 30.7 Å². The summed E-state index contributed by atoms with van der Waals surface area (Å²) in [7, 11) is 0. The van der Waals surface area contributed by atoms with Crippen molar-refractivity contribution in [3.63, 3.8) is 0 Å². The van der Waals surface area contributed by atoms with E-state index in [1.54, 1.807) is 6.07 Å². The maximum Gasteiger partial charge on any atom is 0.131 e. The summed E-state index contributed by atoms with van der Waals surface area (Å²) in [6.07, 6.45) is 2.98. The first kappa shape index (κ1) is 15.0. The largest absolute Gasteiger partial charge is 0.390 e. The van der Waals surface area contributed by atoms with Gasteiger partial charge in [0.15, 0.2) is 0 Å². The van der Waals surface area contributed by atoms with Crippen molar-refractivity contribution in [1.29, 1.82) is 0 Å². The van der Waals surface area contributed by atoms with Crippen molar-refractivity contribution in [1.82, 2.24) is 25.3 Å². The van der Waals surface area contributed by atoms with Gasteiger partial charge in [0.2, 0.25) is 0 Å². The molecule has 3 heterocycles. The van der Waals surface area contributed by atoms with E-state index in [2.05, 4.69) is 38.8 Å². The summed E-state index contributed by atoms with van der Waals surface area (Å²) in [5.74, 6) is 0. The number of nitrogens with one attached hydrogen (secondary N) is 1. The summed E-state index contributed by atoms with van der Waals surface area (Å²) >= 11 is 0. The first-order chi connectivity index (χ1) is 11.8. The van der Waals surface area contributed by atoms with Crippen LogP contribution in [0.5, 0.6) is 0 Å². The molecule has 0 radical (unpaired) electrons. The molecule has 1 aromatic carbocycles.